The van der Waals surface area contributed by atoms with Crippen molar-refractivity contribution in [3.8, 4) is 11.8 Å². The SMILES string of the molecule is CC(C)(C)NC(=S)Nc1cc2c(cc1O)N(CC#N)C(=O)C(C(=O)OC(C)(C)C)CC2. The third-order valence-corrected chi connectivity index (χ3v) is 4.62. The number of thiocarbonyl (C=S) groups is 1. The first-order chi connectivity index (χ1) is 14.2. The van der Waals surface area contributed by atoms with Gasteiger partial charge in [0.25, 0.3) is 0 Å². The molecule has 0 radical (unpaired) electrons. The summed E-state index contributed by atoms with van der Waals surface area (Å²) in [4.78, 5) is 27.0. The molecule has 0 spiro atoms. The lowest BCUT2D eigenvalue weighted by atomic mass is 9.99. The second-order valence-corrected chi connectivity index (χ2v) is 9.94. The Morgan fingerprint density at radius 2 is 1.97 bits per heavy atom. The van der Waals surface area contributed by atoms with E-state index in [1.807, 2.05) is 26.8 Å². The van der Waals surface area contributed by atoms with Crippen LogP contribution in [0.5, 0.6) is 5.75 Å². The average molecular weight is 447 g/mol. The first kappa shape index (κ1) is 24.4. The summed E-state index contributed by atoms with van der Waals surface area (Å²) in [5.74, 6) is -2.28. The van der Waals surface area contributed by atoms with E-state index in [-0.39, 0.29) is 24.3 Å². The van der Waals surface area contributed by atoms with Crippen molar-refractivity contribution in [3.05, 3.63) is 17.7 Å². The number of fused-ring (bicyclic) bond motifs is 1. The molecule has 1 heterocycles. The van der Waals surface area contributed by atoms with Gasteiger partial charge < -0.3 is 20.5 Å². The van der Waals surface area contributed by atoms with Crippen molar-refractivity contribution >= 4 is 40.6 Å². The quantitative estimate of drug-likeness (QED) is 0.213. The molecule has 1 unspecified atom stereocenters. The van der Waals surface area contributed by atoms with Gasteiger partial charge in [-0.25, -0.2) is 0 Å². The number of benzene rings is 1. The van der Waals surface area contributed by atoms with Crippen molar-refractivity contribution in [3.63, 3.8) is 0 Å². The van der Waals surface area contributed by atoms with Crippen LogP contribution in [0, 0.1) is 17.2 Å². The second-order valence-electron chi connectivity index (χ2n) is 9.53. The molecule has 31 heavy (non-hydrogen) atoms. The highest BCUT2D eigenvalue weighted by Gasteiger charge is 2.38. The zero-order valence-corrected chi connectivity index (χ0v) is 19.6. The summed E-state index contributed by atoms with van der Waals surface area (Å²) in [5, 5.41) is 26.2. The molecule has 1 aliphatic rings. The lowest BCUT2D eigenvalue weighted by Gasteiger charge is -2.26. The summed E-state index contributed by atoms with van der Waals surface area (Å²) in [7, 11) is 0. The van der Waals surface area contributed by atoms with E-state index in [4.69, 9.17) is 17.0 Å². The Morgan fingerprint density at radius 1 is 1.32 bits per heavy atom. The summed E-state index contributed by atoms with van der Waals surface area (Å²) in [6.45, 7) is 10.8. The van der Waals surface area contributed by atoms with E-state index in [1.54, 1.807) is 26.8 Å². The maximum Gasteiger partial charge on any atom is 0.319 e. The number of aromatic hydroxyl groups is 1. The molecule has 1 aromatic carbocycles. The van der Waals surface area contributed by atoms with Gasteiger partial charge in [0.2, 0.25) is 5.91 Å². The van der Waals surface area contributed by atoms with Crippen LogP contribution in [0.4, 0.5) is 11.4 Å². The van der Waals surface area contributed by atoms with Crippen LogP contribution >= 0.6 is 12.2 Å². The molecule has 0 saturated carbocycles. The number of phenols is 1. The maximum absolute atomic E-state index is 13.1. The molecule has 9 heteroatoms. The van der Waals surface area contributed by atoms with Gasteiger partial charge in [-0.1, -0.05) is 0 Å². The van der Waals surface area contributed by atoms with E-state index in [9.17, 15) is 20.0 Å². The number of carbonyl (C=O) groups is 2. The van der Waals surface area contributed by atoms with Gasteiger partial charge in [0.15, 0.2) is 5.11 Å². The van der Waals surface area contributed by atoms with Gasteiger partial charge in [-0.2, -0.15) is 5.26 Å². The lowest BCUT2D eigenvalue weighted by molar-refractivity contribution is -0.162. The Morgan fingerprint density at radius 3 is 2.52 bits per heavy atom. The van der Waals surface area contributed by atoms with Crippen molar-refractivity contribution in [1.82, 2.24) is 5.32 Å². The zero-order valence-electron chi connectivity index (χ0n) is 18.8. The number of hydrogen-bond acceptors (Lipinski definition) is 6. The van der Waals surface area contributed by atoms with Gasteiger partial charge in [0.05, 0.1) is 17.4 Å². The fraction of sp³-hybridized carbons (Fsp3) is 0.545. The number of rotatable bonds is 3. The molecule has 0 aromatic heterocycles. The number of phenolic OH excluding ortho intramolecular Hbond substituents is 1. The number of nitriles is 1. The molecule has 2 rings (SSSR count). The van der Waals surface area contributed by atoms with Crippen molar-refractivity contribution in [2.45, 2.75) is 65.5 Å². The normalized spacial score (nSPS) is 16.6. The average Bonchev–Trinajstić information content (AvgIpc) is 2.70. The summed E-state index contributed by atoms with van der Waals surface area (Å²) in [5.41, 5.74) is 0.494. The summed E-state index contributed by atoms with van der Waals surface area (Å²) >= 11 is 5.31. The fourth-order valence-corrected chi connectivity index (χ4v) is 3.64. The minimum atomic E-state index is -1.03. The number of nitrogens with one attached hydrogen (secondary N) is 2. The van der Waals surface area contributed by atoms with Gasteiger partial charge in [-0.3, -0.25) is 14.5 Å². The molecule has 1 aromatic rings. The number of ether oxygens (including phenoxy) is 1. The van der Waals surface area contributed by atoms with E-state index in [1.165, 1.54) is 11.0 Å². The number of carbonyl (C=O) groups excluding carboxylic acids is 2. The van der Waals surface area contributed by atoms with Crippen LogP contribution < -0.4 is 15.5 Å². The van der Waals surface area contributed by atoms with E-state index in [0.29, 0.717) is 28.5 Å². The summed E-state index contributed by atoms with van der Waals surface area (Å²) in [6.07, 6.45) is 0.624. The highest BCUT2D eigenvalue weighted by Crippen LogP contribution is 2.37. The highest BCUT2D eigenvalue weighted by molar-refractivity contribution is 7.80. The Hall–Kier alpha value is -2.86. The largest absolute Gasteiger partial charge is 0.506 e. The monoisotopic (exact) mass is 446 g/mol. The fourth-order valence-electron chi connectivity index (χ4n) is 3.22. The Bertz CT molecular complexity index is 925. The molecule has 0 aliphatic carbocycles. The number of aryl methyl sites for hydroxylation is 1. The van der Waals surface area contributed by atoms with E-state index in [2.05, 4.69) is 10.6 Å². The van der Waals surface area contributed by atoms with Crippen molar-refractivity contribution < 1.29 is 19.4 Å². The first-order valence-electron chi connectivity index (χ1n) is 10.1. The van der Waals surface area contributed by atoms with Crippen molar-refractivity contribution in [1.29, 1.82) is 5.26 Å². The Kier molecular flexibility index (Phi) is 7.17. The van der Waals surface area contributed by atoms with Gasteiger partial charge in [-0.05, 0) is 78.2 Å². The van der Waals surface area contributed by atoms with Crippen LogP contribution in [0.25, 0.3) is 0 Å². The van der Waals surface area contributed by atoms with Gasteiger partial charge in [0.1, 0.15) is 23.8 Å². The van der Waals surface area contributed by atoms with Crippen LogP contribution in [0.3, 0.4) is 0 Å². The molecular formula is C22H30N4O4S. The highest BCUT2D eigenvalue weighted by atomic mass is 32.1. The molecule has 168 valence electrons. The number of hydrogen-bond donors (Lipinski definition) is 3. The van der Waals surface area contributed by atoms with Gasteiger partial charge in [0, 0.05) is 11.6 Å². The van der Waals surface area contributed by atoms with E-state index < -0.39 is 23.4 Å². The van der Waals surface area contributed by atoms with Crippen LogP contribution in [0.15, 0.2) is 12.1 Å². The van der Waals surface area contributed by atoms with Crippen molar-refractivity contribution in [2.75, 3.05) is 16.8 Å². The molecule has 1 aliphatic heterocycles. The summed E-state index contributed by atoms with van der Waals surface area (Å²) < 4.78 is 5.42. The molecule has 0 fully saturated rings. The number of anilines is 2. The topological polar surface area (TPSA) is 115 Å². The smallest absolute Gasteiger partial charge is 0.319 e. The molecule has 0 bridgehead atoms. The number of amides is 1. The van der Waals surface area contributed by atoms with E-state index >= 15 is 0 Å². The van der Waals surface area contributed by atoms with Gasteiger partial charge >= 0.3 is 5.97 Å². The minimum Gasteiger partial charge on any atom is -0.506 e. The van der Waals surface area contributed by atoms with Crippen LogP contribution in [0.2, 0.25) is 0 Å². The molecule has 8 nitrogen and oxygen atoms in total. The van der Waals surface area contributed by atoms with Crippen molar-refractivity contribution in [2.24, 2.45) is 5.92 Å². The number of nitrogens with zero attached hydrogens (tertiary/aromatic N) is 2. The lowest BCUT2D eigenvalue weighted by Crippen LogP contribution is -2.43. The van der Waals surface area contributed by atoms with Gasteiger partial charge in [-0.15, -0.1) is 0 Å². The first-order valence-corrected chi connectivity index (χ1v) is 10.5. The Balaban J connectivity index is 2.38. The predicted octanol–water partition coefficient (Wildman–Crippen LogP) is 3.24. The molecule has 0 saturated heterocycles. The zero-order chi connectivity index (χ0) is 23.6. The minimum absolute atomic E-state index is 0.122. The maximum atomic E-state index is 13.1. The predicted molar refractivity (Wildman–Crippen MR) is 123 cm³/mol. The summed E-state index contributed by atoms with van der Waals surface area (Å²) in [6, 6.07) is 5.07. The third kappa shape index (κ3) is 6.56. The van der Waals surface area contributed by atoms with E-state index in [0.717, 1.165) is 0 Å². The molecule has 3 N–H and O–H groups in total. The Labute approximate surface area is 188 Å². The number of esters is 1. The standard InChI is InChI=1S/C22H30N4O4S/c1-21(2,3)25-20(31)24-15-11-13-7-8-14(19(29)30-22(4,5)6)18(28)26(10-9-23)16(13)12-17(15)27/h11-12,14,27H,7-8,10H2,1-6H3,(H2,24,25,31). The third-order valence-electron chi connectivity index (χ3n) is 4.41. The van der Waals surface area contributed by atoms with Crippen LogP contribution in [-0.4, -0.2) is 39.8 Å². The molecular weight excluding hydrogens is 416 g/mol. The van der Waals surface area contributed by atoms with Crippen LogP contribution in [-0.2, 0) is 20.7 Å². The molecule has 1 atom stereocenters. The second kappa shape index (κ2) is 9.10. The molecule has 1 amide bonds. The van der Waals surface area contributed by atoms with Crippen LogP contribution in [0.1, 0.15) is 53.5 Å².